The molecule has 0 bridgehead atoms. The van der Waals surface area contributed by atoms with Crippen LogP contribution in [0.15, 0.2) is 14.4 Å². The fourth-order valence-corrected chi connectivity index (χ4v) is 4.73. The van der Waals surface area contributed by atoms with Crippen molar-refractivity contribution in [2.45, 2.75) is 17.6 Å². The molecule has 0 atom stereocenters. The largest absolute Gasteiger partial charge is 0.469 e. The number of thiazole rings is 2. The number of hydrogen-bond acceptors (Lipinski definition) is 8. The van der Waals surface area contributed by atoms with Crippen molar-refractivity contribution in [1.82, 2.24) is 9.97 Å². The van der Waals surface area contributed by atoms with Crippen LogP contribution in [0.3, 0.4) is 0 Å². The standard InChI is InChI=1S/C10H11N3O5S3/c1-5-8(20-10(15)11-5)21(16,17)13-9-12-6(4-19-9)3-7(14)18-2/h4H,3H2,1-2H3,(H,11,15)(H,12,13). The van der Waals surface area contributed by atoms with Crippen LogP contribution in [0, 0.1) is 6.92 Å². The van der Waals surface area contributed by atoms with E-state index < -0.39 is 20.9 Å². The summed E-state index contributed by atoms with van der Waals surface area (Å²) in [7, 11) is -2.62. The summed E-state index contributed by atoms with van der Waals surface area (Å²) < 4.78 is 31.0. The Labute approximate surface area is 127 Å². The fraction of sp³-hybridized carbons (Fsp3) is 0.300. The molecule has 0 saturated heterocycles. The lowest BCUT2D eigenvalue weighted by Crippen LogP contribution is -2.13. The number of methoxy groups -OCH3 is 1. The highest BCUT2D eigenvalue weighted by Crippen LogP contribution is 2.23. The number of carbonyl (C=O) groups is 1. The van der Waals surface area contributed by atoms with Crippen molar-refractivity contribution in [3.05, 3.63) is 26.4 Å². The summed E-state index contributed by atoms with van der Waals surface area (Å²) in [6.07, 6.45) is -0.0365. The maximum Gasteiger partial charge on any atom is 0.311 e. The normalized spacial score (nSPS) is 11.3. The zero-order valence-corrected chi connectivity index (χ0v) is 13.4. The van der Waals surface area contributed by atoms with Crippen LogP contribution >= 0.6 is 22.7 Å². The number of nitrogens with one attached hydrogen (secondary N) is 2. The maximum atomic E-state index is 12.1. The molecule has 114 valence electrons. The third kappa shape index (κ3) is 3.68. The molecule has 11 heteroatoms. The Bertz CT molecular complexity index is 817. The zero-order chi connectivity index (χ0) is 15.6. The van der Waals surface area contributed by atoms with E-state index in [9.17, 15) is 18.0 Å². The number of anilines is 1. The third-order valence-corrected chi connectivity index (χ3v) is 6.23. The quantitative estimate of drug-likeness (QED) is 0.768. The van der Waals surface area contributed by atoms with Crippen molar-refractivity contribution in [2.75, 3.05) is 11.8 Å². The molecule has 2 aromatic heterocycles. The minimum absolute atomic E-state index is 0.0365. The number of ether oxygens (including phenoxy) is 1. The van der Waals surface area contributed by atoms with Crippen molar-refractivity contribution in [3.63, 3.8) is 0 Å². The van der Waals surface area contributed by atoms with E-state index >= 15 is 0 Å². The van der Waals surface area contributed by atoms with Crippen LogP contribution < -0.4 is 9.60 Å². The van der Waals surface area contributed by atoms with Gasteiger partial charge in [0.15, 0.2) is 9.34 Å². The van der Waals surface area contributed by atoms with Crippen molar-refractivity contribution in [2.24, 2.45) is 0 Å². The molecule has 2 aromatic rings. The Morgan fingerprint density at radius 2 is 2.24 bits per heavy atom. The topological polar surface area (TPSA) is 118 Å². The number of aryl methyl sites for hydroxylation is 1. The Morgan fingerprint density at radius 3 is 2.81 bits per heavy atom. The molecule has 8 nitrogen and oxygen atoms in total. The minimum atomic E-state index is -3.87. The van der Waals surface area contributed by atoms with Crippen LogP contribution in [-0.4, -0.2) is 31.5 Å². The van der Waals surface area contributed by atoms with Gasteiger partial charge in [-0.25, -0.2) is 13.4 Å². The van der Waals surface area contributed by atoms with Crippen LogP contribution in [0.5, 0.6) is 0 Å². The van der Waals surface area contributed by atoms with E-state index in [-0.39, 0.29) is 21.5 Å². The number of H-pyrrole nitrogens is 1. The molecular weight excluding hydrogens is 338 g/mol. The number of nitrogens with zero attached hydrogens (tertiary/aromatic N) is 1. The summed E-state index contributed by atoms with van der Waals surface area (Å²) in [5.74, 6) is -0.464. The number of carbonyl (C=O) groups excluding carboxylic acids is 1. The predicted molar refractivity (Wildman–Crippen MR) is 78.3 cm³/mol. The Kier molecular flexibility index (Phi) is 4.44. The van der Waals surface area contributed by atoms with E-state index in [0.29, 0.717) is 17.0 Å². The molecule has 0 fully saturated rings. The first kappa shape index (κ1) is 15.7. The molecule has 0 radical (unpaired) electrons. The van der Waals surface area contributed by atoms with Gasteiger partial charge in [-0.15, -0.1) is 11.3 Å². The molecule has 0 amide bonds. The molecule has 21 heavy (non-hydrogen) atoms. The second-order valence-corrected chi connectivity index (χ2v) is 7.65. The van der Waals surface area contributed by atoms with E-state index in [0.717, 1.165) is 11.3 Å². The summed E-state index contributed by atoms with van der Waals surface area (Å²) in [6, 6.07) is 0. The van der Waals surface area contributed by atoms with Gasteiger partial charge in [-0.2, -0.15) is 0 Å². The Morgan fingerprint density at radius 1 is 1.52 bits per heavy atom. The summed E-state index contributed by atoms with van der Waals surface area (Å²) in [5.41, 5.74) is 0.673. The van der Waals surface area contributed by atoms with Crippen LogP contribution in [0.1, 0.15) is 11.4 Å². The second kappa shape index (κ2) is 5.95. The van der Waals surface area contributed by atoms with E-state index in [2.05, 4.69) is 19.4 Å². The molecule has 2 heterocycles. The second-order valence-electron chi connectivity index (χ2n) is 3.93. The number of aromatic nitrogens is 2. The van der Waals surface area contributed by atoms with Gasteiger partial charge < -0.3 is 9.72 Å². The van der Waals surface area contributed by atoms with Crippen LogP contribution in [0.2, 0.25) is 0 Å². The lowest BCUT2D eigenvalue weighted by atomic mass is 10.3. The molecule has 2 rings (SSSR count). The first-order chi connectivity index (χ1) is 9.81. The molecule has 2 N–H and O–H groups in total. The average molecular weight is 349 g/mol. The minimum Gasteiger partial charge on any atom is -0.469 e. The number of hydrogen-bond donors (Lipinski definition) is 2. The van der Waals surface area contributed by atoms with Gasteiger partial charge in [-0.1, -0.05) is 11.3 Å². The summed E-state index contributed by atoms with van der Waals surface area (Å²) >= 11 is 1.65. The molecule has 0 saturated carbocycles. The fourth-order valence-electron chi connectivity index (χ4n) is 1.46. The number of sulfonamides is 1. The number of esters is 1. The maximum absolute atomic E-state index is 12.1. The van der Waals surface area contributed by atoms with Crippen molar-refractivity contribution in [1.29, 1.82) is 0 Å². The van der Waals surface area contributed by atoms with Crippen LogP contribution in [-0.2, 0) is 26.0 Å². The van der Waals surface area contributed by atoms with Crippen LogP contribution in [0.25, 0.3) is 0 Å². The van der Waals surface area contributed by atoms with E-state index in [1.54, 1.807) is 5.38 Å². The van der Waals surface area contributed by atoms with Gasteiger partial charge in [-0.05, 0) is 6.92 Å². The molecular formula is C10H11N3O5S3. The van der Waals surface area contributed by atoms with Gasteiger partial charge >= 0.3 is 10.8 Å². The van der Waals surface area contributed by atoms with E-state index in [4.69, 9.17) is 0 Å². The van der Waals surface area contributed by atoms with Gasteiger partial charge in [0, 0.05) is 11.1 Å². The summed E-state index contributed by atoms with van der Waals surface area (Å²) in [5, 5.41) is 1.68. The SMILES string of the molecule is COC(=O)Cc1csc(NS(=O)(=O)c2sc(=O)[nH]c2C)n1. The van der Waals surface area contributed by atoms with E-state index in [1.165, 1.54) is 14.0 Å². The first-order valence-electron chi connectivity index (χ1n) is 5.55. The predicted octanol–water partition coefficient (Wildman–Crippen LogP) is 0.718. The highest BCUT2D eigenvalue weighted by Gasteiger charge is 2.22. The van der Waals surface area contributed by atoms with Gasteiger partial charge in [0.2, 0.25) is 0 Å². The van der Waals surface area contributed by atoms with E-state index in [1.807, 2.05) is 0 Å². The molecule has 0 aliphatic rings. The smallest absolute Gasteiger partial charge is 0.311 e. The number of aromatic amines is 1. The van der Waals surface area contributed by atoms with Gasteiger partial charge in [0.25, 0.3) is 10.0 Å². The van der Waals surface area contributed by atoms with Crippen molar-refractivity contribution >= 4 is 43.8 Å². The highest BCUT2D eigenvalue weighted by atomic mass is 32.2. The molecule has 0 aliphatic heterocycles. The lowest BCUT2D eigenvalue weighted by molar-refractivity contribution is -0.139. The van der Waals surface area contributed by atoms with Gasteiger partial charge in [-0.3, -0.25) is 14.3 Å². The number of rotatable bonds is 5. The summed E-state index contributed by atoms with van der Waals surface area (Å²) in [4.78, 5) is 28.2. The third-order valence-electron chi connectivity index (χ3n) is 2.35. The Balaban J connectivity index is 2.20. The average Bonchev–Trinajstić information content (AvgIpc) is 2.95. The molecule has 0 aliphatic carbocycles. The monoisotopic (exact) mass is 349 g/mol. The van der Waals surface area contributed by atoms with Crippen molar-refractivity contribution < 1.29 is 17.9 Å². The summed E-state index contributed by atoms with van der Waals surface area (Å²) in [6.45, 7) is 1.50. The van der Waals surface area contributed by atoms with Gasteiger partial charge in [0.05, 0.1) is 19.2 Å². The molecule has 0 unspecified atom stereocenters. The Hall–Kier alpha value is -1.72. The lowest BCUT2D eigenvalue weighted by Gasteiger charge is -2.02. The van der Waals surface area contributed by atoms with Crippen LogP contribution in [0.4, 0.5) is 5.13 Å². The highest BCUT2D eigenvalue weighted by molar-refractivity contribution is 7.94. The molecule has 0 spiro atoms. The van der Waals surface area contributed by atoms with Crippen molar-refractivity contribution in [3.8, 4) is 0 Å². The zero-order valence-electron chi connectivity index (χ0n) is 11.0. The molecule has 0 aromatic carbocycles. The van der Waals surface area contributed by atoms with Gasteiger partial charge in [0.1, 0.15) is 0 Å². The first-order valence-corrected chi connectivity index (χ1v) is 8.73.